The van der Waals surface area contributed by atoms with Crippen molar-refractivity contribution in [3.8, 4) is 11.1 Å². The topological polar surface area (TPSA) is 66.5 Å². The molecule has 1 amide bonds. The first kappa shape index (κ1) is 18.6. The number of piperidine rings is 1. The first-order valence-electron chi connectivity index (χ1n) is 8.76. The fraction of sp³-hybridized carbons (Fsp3) is 0.350. The molecule has 1 heterocycles. The second-order valence-electron chi connectivity index (χ2n) is 6.85. The molecule has 0 atom stereocenters. The second kappa shape index (κ2) is 7.60. The molecule has 0 aromatic heterocycles. The van der Waals surface area contributed by atoms with Crippen molar-refractivity contribution >= 4 is 15.9 Å². The summed E-state index contributed by atoms with van der Waals surface area (Å²) in [6, 6.07) is 15.7. The molecule has 2 aromatic rings. The molecule has 6 heteroatoms. The molecular weight excluding hydrogens is 348 g/mol. The van der Waals surface area contributed by atoms with E-state index >= 15 is 0 Å². The molecule has 1 saturated heterocycles. The summed E-state index contributed by atoms with van der Waals surface area (Å²) in [5.41, 5.74) is 3.99. The fourth-order valence-corrected chi connectivity index (χ4v) is 4.24. The van der Waals surface area contributed by atoms with Crippen molar-refractivity contribution in [3.05, 3.63) is 59.7 Å². The molecule has 0 radical (unpaired) electrons. The van der Waals surface area contributed by atoms with Crippen LogP contribution in [0, 0.1) is 6.92 Å². The van der Waals surface area contributed by atoms with Crippen molar-refractivity contribution < 1.29 is 13.2 Å². The number of rotatable bonds is 4. The van der Waals surface area contributed by atoms with E-state index in [4.69, 9.17) is 0 Å². The largest absolute Gasteiger partial charge is 0.339 e. The summed E-state index contributed by atoms with van der Waals surface area (Å²) < 4.78 is 25.3. The number of aryl methyl sites for hydroxylation is 1. The highest BCUT2D eigenvalue weighted by Crippen LogP contribution is 2.25. The number of amides is 1. The number of benzene rings is 2. The van der Waals surface area contributed by atoms with E-state index in [2.05, 4.69) is 23.8 Å². The molecule has 2 aromatic carbocycles. The predicted octanol–water partition coefficient (Wildman–Crippen LogP) is 2.82. The van der Waals surface area contributed by atoms with Gasteiger partial charge in [0, 0.05) is 24.7 Å². The fourth-order valence-electron chi connectivity index (χ4n) is 3.40. The lowest BCUT2D eigenvalue weighted by Crippen LogP contribution is -2.46. The highest BCUT2D eigenvalue weighted by Gasteiger charge is 2.25. The van der Waals surface area contributed by atoms with E-state index in [9.17, 15) is 13.2 Å². The van der Waals surface area contributed by atoms with Gasteiger partial charge < -0.3 is 4.90 Å². The molecule has 138 valence electrons. The first-order valence-corrected chi connectivity index (χ1v) is 10.7. The van der Waals surface area contributed by atoms with Crippen molar-refractivity contribution in [2.75, 3.05) is 19.3 Å². The number of hydrogen-bond donors (Lipinski definition) is 1. The van der Waals surface area contributed by atoms with E-state index in [0.717, 1.165) is 11.1 Å². The van der Waals surface area contributed by atoms with Crippen LogP contribution < -0.4 is 4.72 Å². The van der Waals surface area contributed by atoms with Crippen molar-refractivity contribution in [2.45, 2.75) is 25.8 Å². The Hall–Kier alpha value is -2.18. The van der Waals surface area contributed by atoms with Gasteiger partial charge in [-0.25, -0.2) is 13.1 Å². The second-order valence-corrected chi connectivity index (χ2v) is 8.63. The maximum Gasteiger partial charge on any atom is 0.253 e. The highest BCUT2D eigenvalue weighted by molar-refractivity contribution is 7.88. The first-order chi connectivity index (χ1) is 12.3. The zero-order valence-electron chi connectivity index (χ0n) is 15.1. The average molecular weight is 372 g/mol. The number of nitrogens with one attached hydrogen (secondary N) is 1. The normalized spacial score (nSPS) is 15.8. The van der Waals surface area contributed by atoms with Crippen LogP contribution in [0.15, 0.2) is 48.5 Å². The minimum absolute atomic E-state index is 0.00163. The monoisotopic (exact) mass is 372 g/mol. The minimum Gasteiger partial charge on any atom is -0.339 e. The molecule has 26 heavy (non-hydrogen) atoms. The third-order valence-electron chi connectivity index (χ3n) is 4.73. The van der Waals surface area contributed by atoms with Gasteiger partial charge in [0.2, 0.25) is 10.0 Å². The average Bonchev–Trinajstić information content (AvgIpc) is 2.61. The Labute approximate surface area is 155 Å². The third-order valence-corrected chi connectivity index (χ3v) is 5.49. The maximum absolute atomic E-state index is 12.8. The van der Waals surface area contributed by atoms with E-state index in [-0.39, 0.29) is 11.9 Å². The molecule has 1 aliphatic heterocycles. The molecule has 0 bridgehead atoms. The molecule has 1 N–H and O–H groups in total. The summed E-state index contributed by atoms with van der Waals surface area (Å²) in [6.45, 7) is 3.17. The SMILES string of the molecule is Cc1ccccc1-c1cccc(C(=O)N2CCC(NS(C)(=O)=O)CC2)c1. The Bertz CT molecular complexity index is 901. The van der Waals surface area contributed by atoms with Crippen LogP contribution in [0.5, 0.6) is 0 Å². The molecule has 5 nitrogen and oxygen atoms in total. The van der Waals surface area contributed by atoms with E-state index in [0.29, 0.717) is 31.5 Å². The van der Waals surface area contributed by atoms with Gasteiger partial charge in [-0.1, -0.05) is 36.4 Å². The van der Waals surface area contributed by atoms with Gasteiger partial charge in [0.25, 0.3) is 5.91 Å². The number of carbonyl (C=O) groups is 1. The highest BCUT2D eigenvalue weighted by atomic mass is 32.2. The quantitative estimate of drug-likeness (QED) is 0.897. The lowest BCUT2D eigenvalue weighted by molar-refractivity contribution is 0.0711. The number of sulfonamides is 1. The molecule has 0 spiro atoms. The summed E-state index contributed by atoms with van der Waals surface area (Å²) >= 11 is 0. The van der Waals surface area contributed by atoms with Crippen LogP contribution >= 0.6 is 0 Å². The van der Waals surface area contributed by atoms with Crippen LogP contribution in [-0.2, 0) is 10.0 Å². The summed E-state index contributed by atoms with van der Waals surface area (Å²) in [7, 11) is -3.21. The summed E-state index contributed by atoms with van der Waals surface area (Å²) in [4.78, 5) is 14.7. The molecular formula is C20H24N2O3S. The summed E-state index contributed by atoms with van der Waals surface area (Å²) in [6.07, 6.45) is 2.44. The van der Waals surface area contributed by atoms with E-state index < -0.39 is 10.0 Å². The van der Waals surface area contributed by atoms with Gasteiger partial charge >= 0.3 is 0 Å². The van der Waals surface area contributed by atoms with Crippen molar-refractivity contribution in [3.63, 3.8) is 0 Å². The number of hydrogen-bond acceptors (Lipinski definition) is 3. The van der Waals surface area contributed by atoms with Gasteiger partial charge in [0.15, 0.2) is 0 Å². The zero-order valence-corrected chi connectivity index (χ0v) is 15.9. The van der Waals surface area contributed by atoms with Crippen LogP contribution in [0.1, 0.15) is 28.8 Å². The van der Waals surface area contributed by atoms with E-state index in [1.807, 2.05) is 36.4 Å². The number of likely N-dealkylation sites (tertiary alicyclic amines) is 1. The minimum atomic E-state index is -3.21. The number of nitrogens with zero attached hydrogens (tertiary/aromatic N) is 1. The molecule has 0 saturated carbocycles. The van der Waals surface area contributed by atoms with Gasteiger partial charge in [-0.05, 0) is 48.6 Å². The van der Waals surface area contributed by atoms with Crippen LogP contribution in [-0.4, -0.2) is 44.6 Å². The van der Waals surface area contributed by atoms with Crippen LogP contribution in [0.4, 0.5) is 0 Å². The summed E-state index contributed by atoms with van der Waals surface area (Å²) in [5, 5.41) is 0. The smallest absolute Gasteiger partial charge is 0.253 e. The molecule has 1 aliphatic rings. The van der Waals surface area contributed by atoms with Crippen LogP contribution in [0.3, 0.4) is 0 Å². The van der Waals surface area contributed by atoms with Crippen molar-refractivity contribution in [1.82, 2.24) is 9.62 Å². The molecule has 0 aliphatic carbocycles. The Morgan fingerprint density at radius 2 is 1.77 bits per heavy atom. The molecule has 0 unspecified atom stereocenters. The maximum atomic E-state index is 12.8. The molecule has 3 rings (SSSR count). The Kier molecular flexibility index (Phi) is 5.44. The van der Waals surface area contributed by atoms with Crippen molar-refractivity contribution in [2.24, 2.45) is 0 Å². The van der Waals surface area contributed by atoms with Gasteiger partial charge in [-0.2, -0.15) is 0 Å². The standard InChI is InChI=1S/C20H24N2O3S/c1-15-6-3-4-9-19(15)16-7-5-8-17(14-16)20(23)22-12-10-18(11-13-22)21-26(2,24)25/h3-9,14,18,21H,10-13H2,1-2H3. The van der Waals surface area contributed by atoms with Gasteiger partial charge in [-0.3, -0.25) is 4.79 Å². The van der Waals surface area contributed by atoms with Crippen molar-refractivity contribution in [1.29, 1.82) is 0 Å². The van der Waals surface area contributed by atoms with Crippen LogP contribution in [0.2, 0.25) is 0 Å². The van der Waals surface area contributed by atoms with Gasteiger partial charge in [0.05, 0.1) is 6.26 Å². The Morgan fingerprint density at radius 3 is 2.42 bits per heavy atom. The Morgan fingerprint density at radius 1 is 1.08 bits per heavy atom. The third kappa shape index (κ3) is 4.51. The zero-order chi connectivity index (χ0) is 18.7. The lowest BCUT2D eigenvalue weighted by atomic mass is 9.98. The Balaban J connectivity index is 1.72. The summed E-state index contributed by atoms with van der Waals surface area (Å²) in [5.74, 6) is -0.00163. The number of carbonyl (C=O) groups excluding carboxylic acids is 1. The predicted molar refractivity (Wildman–Crippen MR) is 104 cm³/mol. The van der Waals surface area contributed by atoms with E-state index in [1.165, 1.54) is 11.8 Å². The van der Waals surface area contributed by atoms with E-state index in [1.54, 1.807) is 4.90 Å². The van der Waals surface area contributed by atoms with Gasteiger partial charge in [-0.15, -0.1) is 0 Å². The lowest BCUT2D eigenvalue weighted by Gasteiger charge is -2.32. The van der Waals surface area contributed by atoms with Crippen LogP contribution in [0.25, 0.3) is 11.1 Å². The van der Waals surface area contributed by atoms with Gasteiger partial charge in [0.1, 0.15) is 0 Å². The molecule has 1 fully saturated rings.